The molecule has 1 N–H and O–H groups in total. The zero-order chi connectivity index (χ0) is 15.5. The van der Waals surface area contributed by atoms with Crippen LogP contribution in [0.4, 0.5) is 0 Å². The molecule has 0 aliphatic carbocycles. The lowest BCUT2D eigenvalue weighted by Crippen LogP contribution is -2.49. The second-order valence-electron chi connectivity index (χ2n) is 6.58. The highest BCUT2D eigenvalue weighted by atomic mass is 15.3. The monoisotopic (exact) mass is 311 g/mol. The van der Waals surface area contributed by atoms with Gasteiger partial charge in [-0.3, -0.25) is 9.80 Å². The third-order valence-electron chi connectivity index (χ3n) is 5.00. The topological polar surface area (TPSA) is 36.3 Å². The largest absolute Gasteiger partial charge is 0.314 e. The molecule has 2 fully saturated rings. The van der Waals surface area contributed by atoms with E-state index in [2.05, 4.69) is 44.5 Å². The van der Waals surface area contributed by atoms with Crippen LogP contribution in [0.5, 0.6) is 0 Å². The molecule has 1 atom stereocenters. The van der Waals surface area contributed by atoms with E-state index in [1.165, 1.54) is 38.2 Å². The second kappa shape index (κ2) is 6.83. The lowest BCUT2D eigenvalue weighted by atomic mass is 10.2. The zero-order valence-electron chi connectivity index (χ0n) is 13.6. The fourth-order valence-corrected chi connectivity index (χ4v) is 3.78. The summed E-state index contributed by atoms with van der Waals surface area (Å²) < 4.78 is 1.93. The molecule has 2 aliphatic rings. The van der Waals surface area contributed by atoms with Gasteiger partial charge >= 0.3 is 0 Å². The number of benzene rings is 1. The summed E-state index contributed by atoms with van der Waals surface area (Å²) in [6, 6.07) is 11.4. The van der Waals surface area contributed by atoms with Gasteiger partial charge < -0.3 is 5.32 Å². The van der Waals surface area contributed by atoms with Crippen molar-refractivity contribution in [2.24, 2.45) is 0 Å². The predicted octanol–water partition coefficient (Wildman–Crippen LogP) is 1.35. The smallest absolute Gasteiger partial charge is 0.0648 e. The maximum atomic E-state index is 4.32. The number of nitrogens with zero attached hydrogens (tertiary/aromatic N) is 4. The average Bonchev–Trinajstić information content (AvgIpc) is 3.28. The lowest BCUT2D eigenvalue weighted by Gasteiger charge is -2.32. The van der Waals surface area contributed by atoms with Crippen LogP contribution in [0.3, 0.4) is 0 Å². The van der Waals surface area contributed by atoms with E-state index in [0.717, 1.165) is 31.4 Å². The molecule has 0 radical (unpaired) electrons. The summed E-state index contributed by atoms with van der Waals surface area (Å²) in [5, 5.41) is 7.77. The molecular weight excluding hydrogens is 286 g/mol. The fraction of sp³-hybridized carbons (Fsp3) is 0.500. The summed E-state index contributed by atoms with van der Waals surface area (Å²) in [7, 11) is 0. The van der Waals surface area contributed by atoms with Crippen LogP contribution in [-0.2, 0) is 6.54 Å². The number of aromatic nitrogens is 2. The SMILES string of the molecule is c1cc(CN2CCC(N3CCNCC3)C2)cc(-n2cccn2)c1. The average molecular weight is 311 g/mol. The summed E-state index contributed by atoms with van der Waals surface area (Å²) in [5.74, 6) is 0. The molecule has 1 unspecified atom stereocenters. The molecule has 4 rings (SSSR count). The van der Waals surface area contributed by atoms with E-state index in [-0.39, 0.29) is 0 Å². The summed E-state index contributed by atoms with van der Waals surface area (Å²) in [6.45, 7) is 8.13. The van der Waals surface area contributed by atoms with Crippen molar-refractivity contribution in [2.45, 2.75) is 19.0 Å². The Hall–Kier alpha value is -1.69. The maximum Gasteiger partial charge on any atom is 0.0648 e. The van der Waals surface area contributed by atoms with Crippen LogP contribution in [-0.4, -0.2) is 64.9 Å². The van der Waals surface area contributed by atoms with E-state index in [4.69, 9.17) is 0 Å². The van der Waals surface area contributed by atoms with Gasteiger partial charge in [-0.1, -0.05) is 12.1 Å². The highest BCUT2D eigenvalue weighted by Gasteiger charge is 2.28. The molecule has 0 amide bonds. The summed E-state index contributed by atoms with van der Waals surface area (Å²) >= 11 is 0. The Balaban J connectivity index is 1.38. The molecule has 0 bridgehead atoms. The molecule has 5 nitrogen and oxygen atoms in total. The normalized spacial score (nSPS) is 23.4. The van der Waals surface area contributed by atoms with Gasteiger partial charge in [-0.05, 0) is 30.2 Å². The van der Waals surface area contributed by atoms with E-state index in [9.17, 15) is 0 Å². The van der Waals surface area contributed by atoms with Gasteiger partial charge in [0, 0.05) is 64.2 Å². The van der Waals surface area contributed by atoms with Gasteiger partial charge in [0.2, 0.25) is 0 Å². The highest BCUT2D eigenvalue weighted by Crippen LogP contribution is 2.19. The van der Waals surface area contributed by atoms with Crippen molar-refractivity contribution < 1.29 is 0 Å². The van der Waals surface area contributed by atoms with Crippen molar-refractivity contribution in [1.82, 2.24) is 24.9 Å². The van der Waals surface area contributed by atoms with Crippen LogP contribution in [0.25, 0.3) is 5.69 Å². The number of rotatable bonds is 4. The van der Waals surface area contributed by atoms with Gasteiger partial charge in [-0.15, -0.1) is 0 Å². The molecule has 2 aromatic rings. The number of hydrogen-bond donors (Lipinski definition) is 1. The quantitative estimate of drug-likeness (QED) is 0.925. The van der Waals surface area contributed by atoms with E-state index < -0.39 is 0 Å². The van der Waals surface area contributed by atoms with Gasteiger partial charge in [-0.2, -0.15) is 5.10 Å². The first-order valence-corrected chi connectivity index (χ1v) is 8.64. The first-order valence-electron chi connectivity index (χ1n) is 8.64. The molecule has 0 saturated carbocycles. The minimum atomic E-state index is 0.742. The van der Waals surface area contributed by atoms with Crippen LogP contribution in [0.1, 0.15) is 12.0 Å². The molecule has 3 heterocycles. The third-order valence-corrected chi connectivity index (χ3v) is 5.00. The molecule has 1 aromatic carbocycles. The Morgan fingerprint density at radius 1 is 1.13 bits per heavy atom. The molecule has 5 heteroatoms. The Morgan fingerprint density at radius 2 is 2.04 bits per heavy atom. The van der Waals surface area contributed by atoms with Crippen molar-refractivity contribution >= 4 is 0 Å². The number of likely N-dealkylation sites (tertiary alicyclic amines) is 1. The van der Waals surface area contributed by atoms with Crippen LogP contribution in [0.15, 0.2) is 42.7 Å². The van der Waals surface area contributed by atoms with Crippen molar-refractivity contribution in [2.75, 3.05) is 39.3 Å². The highest BCUT2D eigenvalue weighted by molar-refractivity contribution is 5.35. The Bertz CT molecular complexity index is 618. The first kappa shape index (κ1) is 14.9. The van der Waals surface area contributed by atoms with Crippen molar-refractivity contribution in [3.8, 4) is 5.69 Å². The number of hydrogen-bond acceptors (Lipinski definition) is 4. The Kier molecular flexibility index (Phi) is 4.41. The second-order valence-corrected chi connectivity index (χ2v) is 6.58. The van der Waals surface area contributed by atoms with Gasteiger partial charge in [-0.25, -0.2) is 4.68 Å². The Labute approximate surface area is 137 Å². The lowest BCUT2D eigenvalue weighted by molar-refractivity contribution is 0.170. The van der Waals surface area contributed by atoms with Crippen LogP contribution < -0.4 is 5.32 Å². The van der Waals surface area contributed by atoms with Gasteiger partial charge in [0.15, 0.2) is 0 Å². The van der Waals surface area contributed by atoms with Gasteiger partial charge in [0.1, 0.15) is 0 Å². The van der Waals surface area contributed by atoms with Crippen LogP contribution in [0, 0.1) is 0 Å². The van der Waals surface area contributed by atoms with E-state index in [1.807, 2.05) is 23.1 Å². The third kappa shape index (κ3) is 3.47. The maximum absolute atomic E-state index is 4.32. The molecular formula is C18H25N5. The first-order chi connectivity index (χ1) is 11.4. The van der Waals surface area contributed by atoms with E-state index in [1.54, 1.807) is 0 Å². The Morgan fingerprint density at radius 3 is 2.87 bits per heavy atom. The number of nitrogens with one attached hydrogen (secondary N) is 1. The molecule has 0 spiro atoms. The van der Waals surface area contributed by atoms with E-state index in [0.29, 0.717) is 0 Å². The van der Waals surface area contributed by atoms with Crippen LogP contribution in [0.2, 0.25) is 0 Å². The molecule has 122 valence electrons. The van der Waals surface area contributed by atoms with Crippen molar-refractivity contribution in [3.63, 3.8) is 0 Å². The van der Waals surface area contributed by atoms with Crippen molar-refractivity contribution in [1.29, 1.82) is 0 Å². The van der Waals surface area contributed by atoms with Crippen molar-refractivity contribution in [3.05, 3.63) is 48.3 Å². The molecule has 2 aliphatic heterocycles. The van der Waals surface area contributed by atoms with Crippen LogP contribution >= 0.6 is 0 Å². The minimum absolute atomic E-state index is 0.742. The fourth-order valence-electron chi connectivity index (χ4n) is 3.78. The van der Waals surface area contributed by atoms with Gasteiger partial charge in [0.25, 0.3) is 0 Å². The van der Waals surface area contributed by atoms with Gasteiger partial charge in [0.05, 0.1) is 5.69 Å². The predicted molar refractivity (Wildman–Crippen MR) is 91.7 cm³/mol. The number of piperazine rings is 1. The standard InChI is InChI=1S/C18H25N5/c1-3-16(13-17(4-1)23-9-2-6-20-23)14-21-10-5-18(15-21)22-11-7-19-8-12-22/h1-4,6,9,13,18-19H,5,7-8,10-12,14-15H2. The molecule has 23 heavy (non-hydrogen) atoms. The minimum Gasteiger partial charge on any atom is -0.314 e. The molecule has 1 aromatic heterocycles. The summed E-state index contributed by atoms with van der Waals surface area (Å²) in [6.07, 6.45) is 5.12. The van der Waals surface area contributed by atoms with E-state index >= 15 is 0 Å². The summed E-state index contributed by atoms with van der Waals surface area (Å²) in [4.78, 5) is 5.26. The summed E-state index contributed by atoms with van der Waals surface area (Å²) in [5.41, 5.74) is 2.52. The zero-order valence-corrected chi connectivity index (χ0v) is 13.6. The molecule has 2 saturated heterocycles.